The van der Waals surface area contributed by atoms with Crippen LogP contribution in [0.3, 0.4) is 0 Å². The van der Waals surface area contributed by atoms with Gasteiger partial charge in [-0.25, -0.2) is 8.42 Å². The molecule has 2 rings (SSSR count). The molecule has 0 radical (unpaired) electrons. The summed E-state index contributed by atoms with van der Waals surface area (Å²) < 4.78 is 28.6. The predicted molar refractivity (Wildman–Crippen MR) is 110 cm³/mol. The lowest BCUT2D eigenvalue weighted by atomic mass is 9.97. The fourth-order valence-corrected chi connectivity index (χ4v) is 3.54. The van der Waals surface area contributed by atoms with Crippen LogP contribution in [0.4, 0.5) is 0 Å². The second kappa shape index (κ2) is 11.0. The molecule has 1 aliphatic rings. The van der Waals surface area contributed by atoms with E-state index in [1.54, 1.807) is 24.3 Å². The molecule has 6 nitrogen and oxygen atoms in total. The highest BCUT2D eigenvalue weighted by atomic mass is 32.2. The van der Waals surface area contributed by atoms with Gasteiger partial charge in [0, 0.05) is 19.3 Å². The van der Waals surface area contributed by atoms with Gasteiger partial charge in [-0.3, -0.25) is 4.99 Å². The molecule has 0 saturated heterocycles. The standard InChI is InChI=1S/C20H31N3O3S/c1-3-21-20(22-14-13-17-7-5-4-6-8-17)23-15-16-26-18-9-11-19(12-10-18)27(2,24)25/h7,9-12H,3-6,8,13-16H2,1-2H3,(H2,21,22,23). The van der Waals surface area contributed by atoms with Gasteiger partial charge in [0.2, 0.25) is 0 Å². The molecule has 0 fully saturated rings. The number of hydrogen-bond donors (Lipinski definition) is 2. The first kappa shape index (κ1) is 21.3. The van der Waals surface area contributed by atoms with E-state index in [-0.39, 0.29) is 0 Å². The lowest BCUT2D eigenvalue weighted by Crippen LogP contribution is -2.39. The van der Waals surface area contributed by atoms with E-state index in [1.807, 2.05) is 6.92 Å². The van der Waals surface area contributed by atoms with E-state index in [2.05, 4.69) is 21.7 Å². The Morgan fingerprint density at radius 3 is 2.59 bits per heavy atom. The molecule has 7 heteroatoms. The van der Waals surface area contributed by atoms with Crippen molar-refractivity contribution in [1.82, 2.24) is 10.6 Å². The van der Waals surface area contributed by atoms with E-state index < -0.39 is 9.84 Å². The fraction of sp³-hybridized carbons (Fsp3) is 0.550. The first-order valence-electron chi connectivity index (χ1n) is 9.62. The van der Waals surface area contributed by atoms with Crippen LogP contribution in [0.25, 0.3) is 0 Å². The maximum Gasteiger partial charge on any atom is 0.191 e. The van der Waals surface area contributed by atoms with Crippen molar-refractivity contribution in [3.8, 4) is 5.75 Å². The van der Waals surface area contributed by atoms with Crippen LogP contribution >= 0.6 is 0 Å². The van der Waals surface area contributed by atoms with Gasteiger partial charge in [0.15, 0.2) is 15.8 Å². The number of rotatable bonds is 9. The molecule has 0 bridgehead atoms. The van der Waals surface area contributed by atoms with Crippen LogP contribution in [0.1, 0.15) is 39.0 Å². The maximum atomic E-state index is 11.5. The highest BCUT2D eigenvalue weighted by Crippen LogP contribution is 2.19. The first-order valence-corrected chi connectivity index (χ1v) is 11.5. The van der Waals surface area contributed by atoms with Crippen LogP contribution in [0.2, 0.25) is 0 Å². The van der Waals surface area contributed by atoms with Gasteiger partial charge in [-0.15, -0.1) is 0 Å². The average Bonchev–Trinajstić information content (AvgIpc) is 2.65. The molecule has 1 aromatic rings. The third-order valence-electron chi connectivity index (χ3n) is 4.35. The van der Waals surface area contributed by atoms with Gasteiger partial charge in [0.25, 0.3) is 0 Å². The monoisotopic (exact) mass is 393 g/mol. The minimum Gasteiger partial charge on any atom is -0.492 e. The van der Waals surface area contributed by atoms with E-state index in [1.165, 1.54) is 37.5 Å². The van der Waals surface area contributed by atoms with Crippen molar-refractivity contribution in [3.05, 3.63) is 35.9 Å². The summed E-state index contributed by atoms with van der Waals surface area (Å²) >= 11 is 0. The predicted octanol–water partition coefficient (Wildman–Crippen LogP) is 2.91. The Hall–Kier alpha value is -2.02. The van der Waals surface area contributed by atoms with Crippen molar-refractivity contribution in [1.29, 1.82) is 0 Å². The molecule has 27 heavy (non-hydrogen) atoms. The summed E-state index contributed by atoms with van der Waals surface area (Å²) in [6.07, 6.45) is 9.62. The topological polar surface area (TPSA) is 79.8 Å². The van der Waals surface area contributed by atoms with Crippen molar-refractivity contribution in [2.45, 2.75) is 43.9 Å². The number of benzene rings is 1. The molecule has 1 aliphatic carbocycles. The molecule has 0 amide bonds. The van der Waals surface area contributed by atoms with Crippen molar-refractivity contribution >= 4 is 15.8 Å². The molecule has 0 aliphatic heterocycles. The summed E-state index contributed by atoms with van der Waals surface area (Å²) in [6, 6.07) is 6.47. The van der Waals surface area contributed by atoms with E-state index in [0.29, 0.717) is 23.8 Å². The fourth-order valence-electron chi connectivity index (χ4n) is 2.91. The Labute approximate surface area is 163 Å². The van der Waals surface area contributed by atoms with Crippen molar-refractivity contribution in [3.63, 3.8) is 0 Å². The molecular formula is C20H31N3O3S. The molecule has 0 saturated carbocycles. The highest BCUT2D eigenvalue weighted by Gasteiger charge is 2.06. The number of nitrogens with zero attached hydrogens (tertiary/aromatic N) is 1. The third-order valence-corrected chi connectivity index (χ3v) is 5.48. The minimum absolute atomic E-state index is 0.294. The largest absolute Gasteiger partial charge is 0.492 e. The Bertz CT molecular complexity index is 740. The molecule has 0 spiro atoms. The van der Waals surface area contributed by atoms with Gasteiger partial charge >= 0.3 is 0 Å². The zero-order valence-electron chi connectivity index (χ0n) is 16.3. The number of guanidine groups is 1. The Balaban J connectivity index is 1.73. The molecular weight excluding hydrogens is 362 g/mol. The first-order chi connectivity index (χ1) is 13.0. The molecule has 1 aromatic carbocycles. The van der Waals surface area contributed by atoms with Gasteiger partial charge in [0.05, 0.1) is 11.4 Å². The van der Waals surface area contributed by atoms with Gasteiger partial charge in [0.1, 0.15) is 12.4 Å². The number of hydrogen-bond acceptors (Lipinski definition) is 4. The lowest BCUT2D eigenvalue weighted by molar-refractivity contribution is 0.321. The quantitative estimate of drug-likeness (QED) is 0.292. The zero-order chi connectivity index (χ0) is 19.5. The van der Waals surface area contributed by atoms with Crippen molar-refractivity contribution < 1.29 is 13.2 Å². The molecule has 150 valence electrons. The van der Waals surface area contributed by atoms with Crippen LogP contribution < -0.4 is 15.4 Å². The summed E-state index contributed by atoms with van der Waals surface area (Å²) in [5.74, 6) is 1.44. The number of allylic oxidation sites excluding steroid dienone is 1. The van der Waals surface area contributed by atoms with Gasteiger partial charge in [-0.05, 0) is 63.3 Å². The summed E-state index contributed by atoms with van der Waals surface area (Å²) in [5.41, 5.74) is 1.53. The summed E-state index contributed by atoms with van der Waals surface area (Å²) in [7, 11) is -3.18. The van der Waals surface area contributed by atoms with Crippen LogP contribution in [0.15, 0.2) is 45.8 Å². The normalized spacial score (nSPS) is 15.2. The van der Waals surface area contributed by atoms with E-state index >= 15 is 0 Å². The Morgan fingerprint density at radius 2 is 1.96 bits per heavy atom. The minimum atomic E-state index is -3.18. The summed E-state index contributed by atoms with van der Waals surface area (Å²) in [6.45, 7) is 4.72. The highest BCUT2D eigenvalue weighted by molar-refractivity contribution is 7.90. The molecule has 0 heterocycles. The number of sulfone groups is 1. The smallest absolute Gasteiger partial charge is 0.191 e. The maximum absolute atomic E-state index is 11.5. The summed E-state index contributed by atoms with van der Waals surface area (Å²) in [5, 5.41) is 6.50. The third kappa shape index (κ3) is 8.03. The number of aliphatic imine (C=N–C) groups is 1. The van der Waals surface area contributed by atoms with Crippen LogP contribution in [0.5, 0.6) is 5.75 Å². The summed E-state index contributed by atoms with van der Waals surface area (Å²) in [4.78, 5) is 4.92. The molecule has 2 N–H and O–H groups in total. The second-order valence-corrected chi connectivity index (χ2v) is 8.65. The average molecular weight is 394 g/mol. The lowest BCUT2D eigenvalue weighted by Gasteiger charge is -2.14. The van der Waals surface area contributed by atoms with Crippen LogP contribution in [-0.4, -0.2) is 46.9 Å². The van der Waals surface area contributed by atoms with Gasteiger partial charge in [-0.2, -0.15) is 0 Å². The van der Waals surface area contributed by atoms with E-state index in [9.17, 15) is 8.42 Å². The van der Waals surface area contributed by atoms with Crippen LogP contribution in [-0.2, 0) is 9.84 Å². The molecule has 0 unspecified atom stereocenters. The second-order valence-electron chi connectivity index (χ2n) is 6.64. The molecule has 0 aromatic heterocycles. The van der Waals surface area contributed by atoms with Crippen LogP contribution in [0, 0.1) is 0 Å². The van der Waals surface area contributed by atoms with Crippen molar-refractivity contribution in [2.24, 2.45) is 4.99 Å². The SMILES string of the molecule is CCNC(=NCCC1=CCCCC1)NCCOc1ccc(S(C)(=O)=O)cc1. The number of ether oxygens (including phenoxy) is 1. The Kier molecular flexibility index (Phi) is 8.64. The zero-order valence-corrected chi connectivity index (χ0v) is 17.1. The van der Waals surface area contributed by atoms with Gasteiger partial charge < -0.3 is 15.4 Å². The molecule has 0 atom stereocenters. The Morgan fingerprint density at radius 1 is 1.19 bits per heavy atom. The van der Waals surface area contributed by atoms with Crippen molar-refractivity contribution in [2.75, 3.05) is 32.5 Å². The number of nitrogens with one attached hydrogen (secondary N) is 2. The van der Waals surface area contributed by atoms with E-state index in [0.717, 1.165) is 25.5 Å². The van der Waals surface area contributed by atoms with Gasteiger partial charge in [-0.1, -0.05) is 11.6 Å². The van der Waals surface area contributed by atoms with E-state index in [4.69, 9.17) is 4.74 Å².